The van der Waals surface area contributed by atoms with Gasteiger partial charge in [-0.15, -0.1) is 23.5 Å². The number of anilines is 1. The van der Waals surface area contributed by atoms with Crippen LogP contribution in [0.4, 0.5) is 5.69 Å². The van der Waals surface area contributed by atoms with Crippen molar-refractivity contribution in [3.63, 3.8) is 0 Å². The molecule has 0 saturated carbocycles. The number of nitrogens with zero attached hydrogens (tertiary/aromatic N) is 1. The maximum Gasteiger partial charge on any atom is 0.254 e. The average Bonchev–Trinajstić information content (AvgIpc) is 3.39. The first-order chi connectivity index (χ1) is 15.9. The van der Waals surface area contributed by atoms with Crippen LogP contribution in [0.25, 0.3) is 10.9 Å². The molecular formula is C24H26N4O3S2. The number of H-pyrrole nitrogens is 1. The van der Waals surface area contributed by atoms with E-state index in [0.29, 0.717) is 0 Å². The van der Waals surface area contributed by atoms with Crippen LogP contribution < -0.4 is 10.6 Å². The number of aliphatic hydroxyl groups excluding tert-OH is 1. The average molecular weight is 483 g/mol. The van der Waals surface area contributed by atoms with Crippen LogP contribution in [0.5, 0.6) is 0 Å². The van der Waals surface area contributed by atoms with Gasteiger partial charge in [-0.1, -0.05) is 36.4 Å². The van der Waals surface area contributed by atoms with E-state index in [2.05, 4.69) is 15.6 Å². The highest BCUT2D eigenvalue weighted by atomic mass is 32.2. The van der Waals surface area contributed by atoms with Crippen LogP contribution in [-0.4, -0.2) is 69.3 Å². The first-order valence-corrected chi connectivity index (χ1v) is 13.3. The van der Waals surface area contributed by atoms with Crippen LogP contribution in [0.15, 0.2) is 54.7 Å². The zero-order chi connectivity index (χ0) is 23.3. The SMILES string of the molecule is CSC1C(=O)N(C)C(SC)C(=O)NC2Nc3ccccc3C2(c2c[nH]c3ccccc23)C1O. The van der Waals surface area contributed by atoms with Gasteiger partial charge in [0.25, 0.3) is 5.91 Å². The molecule has 172 valence electrons. The Morgan fingerprint density at radius 2 is 1.70 bits per heavy atom. The van der Waals surface area contributed by atoms with Crippen molar-refractivity contribution >= 4 is 51.9 Å². The van der Waals surface area contributed by atoms with E-state index in [1.54, 1.807) is 13.3 Å². The molecule has 5 unspecified atom stereocenters. The first kappa shape index (κ1) is 22.2. The highest BCUT2D eigenvalue weighted by molar-refractivity contribution is 8.00. The van der Waals surface area contributed by atoms with Gasteiger partial charge in [0.1, 0.15) is 11.4 Å². The highest BCUT2D eigenvalue weighted by Crippen LogP contribution is 2.51. The van der Waals surface area contributed by atoms with Gasteiger partial charge >= 0.3 is 0 Å². The Morgan fingerprint density at radius 3 is 2.45 bits per heavy atom. The van der Waals surface area contributed by atoms with Gasteiger partial charge in [-0.2, -0.15) is 0 Å². The number of thioether (sulfide) groups is 2. The lowest BCUT2D eigenvalue weighted by Crippen LogP contribution is -2.60. The second kappa shape index (κ2) is 8.30. The van der Waals surface area contributed by atoms with Crippen molar-refractivity contribution in [1.82, 2.24) is 15.2 Å². The highest BCUT2D eigenvalue weighted by Gasteiger charge is 2.59. The number of amides is 2. The van der Waals surface area contributed by atoms with Crippen molar-refractivity contribution in [3.8, 4) is 0 Å². The van der Waals surface area contributed by atoms with Gasteiger partial charge in [-0.25, -0.2) is 0 Å². The number of aromatic nitrogens is 1. The molecule has 0 bridgehead atoms. The zero-order valence-corrected chi connectivity index (χ0v) is 20.2. The number of carbonyl (C=O) groups is 2. The summed E-state index contributed by atoms with van der Waals surface area (Å²) in [7, 11) is 1.62. The Kier molecular flexibility index (Phi) is 5.58. The third kappa shape index (κ3) is 3.09. The number of hydrogen-bond donors (Lipinski definition) is 4. The summed E-state index contributed by atoms with van der Waals surface area (Å²) < 4.78 is 0. The van der Waals surface area contributed by atoms with Crippen molar-refractivity contribution < 1.29 is 14.7 Å². The second-order valence-corrected chi connectivity index (χ2v) is 10.3. The van der Waals surface area contributed by atoms with Crippen LogP contribution in [0.3, 0.4) is 0 Å². The largest absolute Gasteiger partial charge is 0.390 e. The minimum atomic E-state index is -1.12. The van der Waals surface area contributed by atoms with Gasteiger partial charge in [-0.05, 0) is 35.8 Å². The Balaban J connectivity index is 1.84. The summed E-state index contributed by atoms with van der Waals surface area (Å²) in [5, 5.41) is 18.2. The molecule has 2 aromatic carbocycles. The van der Waals surface area contributed by atoms with Gasteiger partial charge in [0.2, 0.25) is 5.91 Å². The van der Waals surface area contributed by atoms with Crippen molar-refractivity contribution in [2.75, 3.05) is 24.9 Å². The topological polar surface area (TPSA) is 97.5 Å². The monoisotopic (exact) mass is 482 g/mol. The van der Waals surface area contributed by atoms with Crippen molar-refractivity contribution in [1.29, 1.82) is 0 Å². The molecule has 2 amide bonds. The molecule has 0 aliphatic carbocycles. The van der Waals surface area contributed by atoms with E-state index in [0.717, 1.165) is 27.7 Å². The van der Waals surface area contributed by atoms with Gasteiger partial charge < -0.3 is 25.6 Å². The standard InChI is InChI=1S/C24H26N4O3S2/c1-28-21(31)18(32-2)19(29)24(15-12-25-16-10-6-4-8-13(15)16)14-9-5-7-11-17(14)26-23(24)27-20(30)22(28)33-3/h4-12,18-19,22-23,25-26,29H,1-3H3,(H,27,30). The summed E-state index contributed by atoms with van der Waals surface area (Å²) in [5.74, 6) is -0.546. The second-order valence-electron chi connectivity index (χ2n) is 8.39. The Morgan fingerprint density at radius 1 is 0.970 bits per heavy atom. The smallest absolute Gasteiger partial charge is 0.254 e. The molecule has 0 radical (unpaired) electrons. The van der Waals surface area contributed by atoms with Gasteiger partial charge in [0.05, 0.1) is 11.5 Å². The van der Waals surface area contributed by atoms with Gasteiger partial charge in [0.15, 0.2) is 5.37 Å². The minimum absolute atomic E-state index is 0.270. The molecular weight excluding hydrogens is 456 g/mol. The third-order valence-electron chi connectivity index (χ3n) is 6.85. The van der Waals surface area contributed by atoms with E-state index >= 15 is 0 Å². The van der Waals surface area contributed by atoms with Gasteiger partial charge in [0, 0.05) is 29.8 Å². The number of nitrogens with one attached hydrogen (secondary N) is 3. The van der Waals surface area contributed by atoms with E-state index < -0.39 is 28.3 Å². The van der Waals surface area contributed by atoms with E-state index in [9.17, 15) is 14.7 Å². The normalized spacial score (nSPS) is 29.5. The molecule has 4 N–H and O–H groups in total. The number of rotatable bonds is 3. The number of hydrogen-bond acceptors (Lipinski definition) is 6. The lowest BCUT2D eigenvalue weighted by molar-refractivity contribution is -0.136. The van der Waals surface area contributed by atoms with Crippen LogP contribution in [-0.2, 0) is 15.0 Å². The lowest BCUT2D eigenvalue weighted by atomic mass is 9.68. The minimum Gasteiger partial charge on any atom is -0.390 e. The zero-order valence-electron chi connectivity index (χ0n) is 18.5. The molecule has 3 heterocycles. The Labute approximate surface area is 200 Å². The number of aliphatic hydroxyl groups is 1. The summed E-state index contributed by atoms with van der Waals surface area (Å²) >= 11 is 2.61. The molecule has 1 fully saturated rings. The maximum atomic E-state index is 13.6. The Bertz CT molecular complexity index is 1230. The Hall–Kier alpha value is -2.62. The van der Waals surface area contributed by atoms with Crippen molar-refractivity contribution in [2.45, 2.75) is 28.3 Å². The summed E-state index contributed by atoms with van der Waals surface area (Å²) in [6, 6.07) is 15.6. The molecule has 1 aromatic heterocycles. The molecule has 1 saturated heterocycles. The third-order valence-corrected chi connectivity index (χ3v) is 8.79. The number of para-hydroxylation sites is 2. The van der Waals surface area contributed by atoms with Crippen molar-refractivity contribution in [2.24, 2.45) is 0 Å². The summed E-state index contributed by atoms with van der Waals surface area (Å²) in [6.45, 7) is 0. The fraction of sp³-hybridized carbons (Fsp3) is 0.333. The maximum absolute atomic E-state index is 13.6. The number of aromatic amines is 1. The van der Waals surface area contributed by atoms with Crippen LogP contribution in [0.1, 0.15) is 11.1 Å². The summed E-state index contributed by atoms with van der Waals surface area (Å²) in [5.41, 5.74) is 2.35. The predicted molar refractivity (Wildman–Crippen MR) is 134 cm³/mol. The van der Waals surface area contributed by atoms with E-state index in [-0.39, 0.29) is 11.8 Å². The fourth-order valence-corrected chi connectivity index (χ4v) is 6.87. The van der Waals surface area contributed by atoms with Gasteiger partial charge in [-0.3, -0.25) is 9.59 Å². The molecule has 5 rings (SSSR count). The molecule has 0 spiro atoms. The van der Waals surface area contributed by atoms with Crippen LogP contribution >= 0.6 is 23.5 Å². The fourth-order valence-electron chi connectivity index (χ4n) is 5.32. The number of fused-ring (bicyclic) bond motifs is 4. The van der Waals surface area contributed by atoms with E-state index in [1.807, 2.05) is 61.0 Å². The number of benzene rings is 2. The van der Waals surface area contributed by atoms with Crippen LogP contribution in [0, 0.1) is 0 Å². The molecule has 9 heteroatoms. The number of carbonyl (C=O) groups excluding carboxylic acids is 2. The summed E-state index contributed by atoms with van der Waals surface area (Å²) in [4.78, 5) is 31.8. The van der Waals surface area contributed by atoms with E-state index in [4.69, 9.17) is 0 Å². The molecule has 2 aliphatic heterocycles. The predicted octanol–water partition coefficient (Wildman–Crippen LogP) is 2.58. The number of likely N-dealkylation sites (N-methyl/N-ethyl adjacent to an activating group) is 1. The van der Waals surface area contributed by atoms with Crippen LogP contribution in [0.2, 0.25) is 0 Å². The summed E-state index contributed by atoms with van der Waals surface area (Å²) in [6.07, 6.45) is 3.75. The molecule has 2 aliphatic rings. The lowest BCUT2D eigenvalue weighted by Gasteiger charge is -2.41. The first-order valence-electron chi connectivity index (χ1n) is 10.7. The quantitative estimate of drug-likeness (QED) is 0.458. The molecule has 7 nitrogen and oxygen atoms in total. The van der Waals surface area contributed by atoms with E-state index in [1.165, 1.54) is 28.4 Å². The van der Waals surface area contributed by atoms with Crippen molar-refractivity contribution in [3.05, 3.63) is 65.9 Å². The molecule has 3 aromatic rings. The molecule has 5 atom stereocenters. The molecule has 33 heavy (non-hydrogen) atoms.